The average Bonchev–Trinajstić information content (AvgIpc) is 2.22. The number of fused-ring (bicyclic) bond motifs is 1. The molecule has 1 aliphatic rings. The maximum Gasteiger partial charge on any atom is 0.240 e. The topological polar surface area (TPSA) is 56.7 Å². The summed E-state index contributed by atoms with van der Waals surface area (Å²) in [7, 11) is 0. The molecule has 2 heterocycles. The molecule has 0 saturated carbocycles. The Morgan fingerprint density at radius 2 is 2.56 bits per heavy atom. The number of aryl methyl sites for hydroxylation is 1. The monoisotopic (exact) mass is 142 g/mol. The highest BCUT2D eigenvalue weighted by Gasteiger charge is 2.13. The predicted octanol–water partition coefficient (Wildman–Crippen LogP) is -0.0340. The van der Waals surface area contributed by atoms with Crippen LogP contribution in [-0.2, 0) is 6.54 Å². The Morgan fingerprint density at radius 3 is 3.33 bits per heavy atom. The van der Waals surface area contributed by atoms with Crippen LogP contribution >= 0.6 is 11.8 Å². The van der Waals surface area contributed by atoms with Gasteiger partial charge in [0.15, 0.2) is 5.16 Å². The molecule has 0 atom stereocenters. The van der Waals surface area contributed by atoms with E-state index in [1.54, 1.807) is 11.8 Å². The first-order valence-corrected chi connectivity index (χ1v) is 3.68. The number of nitrogens with two attached hydrogens (primary N) is 1. The third kappa shape index (κ3) is 0.682. The van der Waals surface area contributed by atoms with E-state index in [1.165, 1.54) is 0 Å². The minimum absolute atomic E-state index is 0.386. The van der Waals surface area contributed by atoms with Gasteiger partial charge in [0, 0.05) is 5.75 Å². The Morgan fingerprint density at radius 1 is 1.67 bits per heavy atom. The van der Waals surface area contributed by atoms with Crippen molar-refractivity contribution >= 4 is 17.7 Å². The maximum absolute atomic E-state index is 5.33. The Hall–Kier alpha value is -0.710. The molecule has 4 nitrogen and oxygen atoms in total. The molecule has 0 amide bonds. The van der Waals surface area contributed by atoms with Gasteiger partial charge in [-0.15, -0.1) is 5.10 Å². The van der Waals surface area contributed by atoms with Crippen LogP contribution in [0.3, 0.4) is 0 Å². The van der Waals surface area contributed by atoms with Crippen molar-refractivity contribution in [2.24, 2.45) is 0 Å². The summed E-state index contributed by atoms with van der Waals surface area (Å²) in [6.45, 7) is 0.949. The van der Waals surface area contributed by atoms with E-state index in [9.17, 15) is 0 Å². The van der Waals surface area contributed by atoms with Crippen LogP contribution < -0.4 is 5.73 Å². The zero-order chi connectivity index (χ0) is 6.27. The van der Waals surface area contributed by atoms with E-state index in [-0.39, 0.29) is 0 Å². The second-order valence-corrected chi connectivity index (χ2v) is 2.89. The van der Waals surface area contributed by atoms with E-state index >= 15 is 0 Å². The molecule has 1 aromatic rings. The molecule has 0 fully saturated rings. The van der Waals surface area contributed by atoms with Gasteiger partial charge in [-0.05, 0) is 0 Å². The summed E-state index contributed by atoms with van der Waals surface area (Å²) in [4.78, 5) is 3.98. The molecule has 2 rings (SSSR count). The Kier molecular flexibility index (Phi) is 0.926. The van der Waals surface area contributed by atoms with Crippen LogP contribution in [0.4, 0.5) is 5.95 Å². The highest BCUT2D eigenvalue weighted by molar-refractivity contribution is 7.99. The molecule has 2 N–H and O–H groups in total. The van der Waals surface area contributed by atoms with Crippen molar-refractivity contribution in [1.29, 1.82) is 0 Å². The fraction of sp³-hybridized carbons (Fsp3) is 0.500. The Labute approximate surface area is 56.4 Å². The number of anilines is 1. The van der Waals surface area contributed by atoms with E-state index in [0.29, 0.717) is 5.95 Å². The van der Waals surface area contributed by atoms with Gasteiger partial charge in [0.2, 0.25) is 5.95 Å². The van der Waals surface area contributed by atoms with Gasteiger partial charge in [0.1, 0.15) is 0 Å². The average molecular weight is 142 g/mol. The molecule has 5 heteroatoms. The molecule has 1 aliphatic heterocycles. The standard InChI is InChI=1S/C4H6N4S/c5-3-6-4-8(7-3)1-2-9-4/h1-2H2,(H2,5,7). The molecule has 0 unspecified atom stereocenters. The van der Waals surface area contributed by atoms with Crippen LogP contribution in [-0.4, -0.2) is 20.5 Å². The number of nitrogen functional groups attached to an aromatic ring is 1. The lowest BCUT2D eigenvalue weighted by Crippen LogP contribution is -1.96. The van der Waals surface area contributed by atoms with E-state index < -0.39 is 0 Å². The van der Waals surface area contributed by atoms with Crippen molar-refractivity contribution in [3.05, 3.63) is 0 Å². The number of aromatic nitrogens is 3. The van der Waals surface area contributed by atoms with Gasteiger partial charge in [-0.1, -0.05) is 11.8 Å². The molecule has 0 aromatic carbocycles. The van der Waals surface area contributed by atoms with E-state index in [4.69, 9.17) is 5.73 Å². The normalized spacial score (nSPS) is 16.0. The lowest BCUT2D eigenvalue weighted by molar-refractivity contribution is 0.626. The molecule has 0 bridgehead atoms. The van der Waals surface area contributed by atoms with Gasteiger partial charge in [0.05, 0.1) is 6.54 Å². The molecule has 0 saturated heterocycles. The van der Waals surface area contributed by atoms with Crippen LogP contribution in [0.15, 0.2) is 5.16 Å². The summed E-state index contributed by atoms with van der Waals surface area (Å²) < 4.78 is 1.83. The molecule has 0 aliphatic carbocycles. The third-order valence-electron chi connectivity index (χ3n) is 1.19. The first kappa shape index (κ1) is 5.10. The van der Waals surface area contributed by atoms with Crippen molar-refractivity contribution in [3.63, 3.8) is 0 Å². The third-order valence-corrected chi connectivity index (χ3v) is 2.14. The number of nitrogens with zero attached hydrogens (tertiary/aromatic N) is 3. The summed E-state index contributed by atoms with van der Waals surface area (Å²) in [5.74, 6) is 1.47. The Balaban J connectivity index is 2.51. The first-order chi connectivity index (χ1) is 4.36. The second-order valence-electron chi connectivity index (χ2n) is 1.82. The number of hydrogen-bond acceptors (Lipinski definition) is 4. The van der Waals surface area contributed by atoms with Crippen molar-refractivity contribution in [2.75, 3.05) is 11.5 Å². The van der Waals surface area contributed by atoms with Gasteiger partial charge in [-0.3, -0.25) is 0 Å². The van der Waals surface area contributed by atoms with Crippen molar-refractivity contribution in [2.45, 2.75) is 11.7 Å². The fourth-order valence-corrected chi connectivity index (χ4v) is 1.71. The predicted molar refractivity (Wildman–Crippen MR) is 35.2 cm³/mol. The Bertz CT molecular complexity index is 209. The van der Waals surface area contributed by atoms with Crippen molar-refractivity contribution in [1.82, 2.24) is 14.8 Å². The lowest BCUT2D eigenvalue weighted by atomic mass is 10.8. The smallest absolute Gasteiger partial charge is 0.240 e. The molecule has 0 spiro atoms. The molecular formula is C4H6N4S. The molecular weight excluding hydrogens is 136 g/mol. The number of hydrogen-bond donors (Lipinski definition) is 1. The zero-order valence-electron chi connectivity index (χ0n) is 4.74. The minimum atomic E-state index is 0.386. The summed E-state index contributed by atoms with van der Waals surface area (Å²) in [5.41, 5.74) is 5.33. The quantitative estimate of drug-likeness (QED) is 0.552. The first-order valence-electron chi connectivity index (χ1n) is 2.69. The minimum Gasteiger partial charge on any atom is -0.366 e. The van der Waals surface area contributed by atoms with Crippen LogP contribution in [0, 0.1) is 0 Å². The summed E-state index contributed by atoms with van der Waals surface area (Å²) in [6.07, 6.45) is 0. The van der Waals surface area contributed by atoms with Gasteiger partial charge in [-0.2, -0.15) is 4.98 Å². The summed E-state index contributed by atoms with van der Waals surface area (Å²) in [5, 5.41) is 4.91. The lowest BCUT2D eigenvalue weighted by Gasteiger charge is -1.84. The van der Waals surface area contributed by atoms with E-state index in [0.717, 1.165) is 17.5 Å². The fourth-order valence-electron chi connectivity index (χ4n) is 0.820. The van der Waals surface area contributed by atoms with E-state index in [2.05, 4.69) is 10.1 Å². The largest absolute Gasteiger partial charge is 0.366 e. The SMILES string of the molecule is Nc1nc2n(n1)CCS2. The van der Waals surface area contributed by atoms with Crippen LogP contribution in [0.5, 0.6) is 0 Å². The van der Waals surface area contributed by atoms with E-state index in [1.807, 2.05) is 4.68 Å². The molecule has 1 aromatic heterocycles. The molecule has 48 valence electrons. The van der Waals surface area contributed by atoms with Crippen LogP contribution in [0.2, 0.25) is 0 Å². The summed E-state index contributed by atoms with van der Waals surface area (Å²) in [6, 6.07) is 0. The van der Waals surface area contributed by atoms with Crippen LogP contribution in [0.1, 0.15) is 0 Å². The number of thioether (sulfide) groups is 1. The zero-order valence-corrected chi connectivity index (χ0v) is 5.56. The molecule has 9 heavy (non-hydrogen) atoms. The van der Waals surface area contributed by atoms with Gasteiger partial charge < -0.3 is 5.73 Å². The van der Waals surface area contributed by atoms with Crippen LogP contribution in [0.25, 0.3) is 0 Å². The summed E-state index contributed by atoms with van der Waals surface area (Å²) >= 11 is 1.70. The van der Waals surface area contributed by atoms with Gasteiger partial charge in [-0.25, -0.2) is 4.68 Å². The second kappa shape index (κ2) is 1.63. The highest BCUT2D eigenvalue weighted by atomic mass is 32.2. The number of rotatable bonds is 0. The maximum atomic E-state index is 5.33. The van der Waals surface area contributed by atoms with Gasteiger partial charge in [0.25, 0.3) is 0 Å². The van der Waals surface area contributed by atoms with Crippen molar-refractivity contribution in [3.8, 4) is 0 Å². The highest BCUT2D eigenvalue weighted by Crippen LogP contribution is 2.22. The van der Waals surface area contributed by atoms with Crippen molar-refractivity contribution < 1.29 is 0 Å². The van der Waals surface area contributed by atoms with Gasteiger partial charge >= 0.3 is 0 Å². The molecule has 0 radical (unpaired) electrons.